The minimum absolute atomic E-state index is 0.700. The molecule has 1 aromatic carbocycles. The molecule has 80 valence electrons. The van der Waals surface area contributed by atoms with Crippen molar-refractivity contribution in [2.75, 3.05) is 0 Å². The number of benzene rings is 1. The van der Waals surface area contributed by atoms with E-state index in [1.165, 1.54) is 43.2 Å². The molecule has 3 rings (SSSR count). The van der Waals surface area contributed by atoms with Crippen molar-refractivity contribution in [1.29, 1.82) is 0 Å². The maximum absolute atomic E-state index is 5.99. The zero-order chi connectivity index (χ0) is 10.3. The first kappa shape index (κ1) is 9.68. The van der Waals surface area contributed by atoms with Crippen LogP contribution in [0.15, 0.2) is 18.2 Å². The lowest BCUT2D eigenvalue weighted by Gasteiger charge is -2.25. The van der Waals surface area contributed by atoms with Gasteiger partial charge in [-0.05, 0) is 55.4 Å². The highest BCUT2D eigenvalue weighted by molar-refractivity contribution is 6.30. The lowest BCUT2D eigenvalue weighted by molar-refractivity contribution is 0.456. The molecule has 0 saturated heterocycles. The second-order valence-corrected chi connectivity index (χ2v) is 5.23. The molecular formula is C13H16ClN. The summed E-state index contributed by atoms with van der Waals surface area (Å²) in [5, 5.41) is 4.59. The molecule has 0 radical (unpaired) electrons. The third kappa shape index (κ3) is 2.19. The highest BCUT2D eigenvalue weighted by atomic mass is 35.5. The van der Waals surface area contributed by atoms with Gasteiger partial charge in [-0.1, -0.05) is 17.7 Å². The van der Waals surface area contributed by atoms with Crippen molar-refractivity contribution in [3.63, 3.8) is 0 Å². The SMILES string of the molecule is Clc1ccc2c(c1)CCC(NC1CC1)C2. The monoisotopic (exact) mass is 221 g/mol. The fraction of sp³-hybridized carbons (Fsp3) is 0.538. The Balaban J connectivity index is 1.74. The van der Waals surface area contributed by atoms with Gasteiger partial charge in [0.05, 0.1) is 0 Å². The van der Waals surface area contributed by atoms with E-state index in [1.54, 1.807) is 0 Å². The zero-order valence-corrected chi connectivity index (χ0v) is 9.56. The summed E-state index contributed by atoms with van der Waals surface area (Å²) < 4.78 is 0. The van der Waals surface area contributed by atoms with Crippen molar-refractivity contribution in [3.05, 3.63) is 34.3 Å². The number of aryl methyl sites for hydroxylation is 1. The van der Waals surface area contributed by atoms with E-state index in [2.05, 4.69) is 17.4 Å². The van der Waals surface area contributed by atoms with E-state index in [0.717, 1.165) is 11.1 Å². The number of hydrogen-bond donors (Lipinski definition) is 1. The molecule has 0 spiro atoms. The third-order valence-corrected chi connectivity index (χ3v) is 3.68. The van der Waals surface area contributed by atoms with Crippen molar-refractivity contribution in [1.82, 2.24) is 5.32 Å². The molecule has 1 atom stereocenters. The molecule has 1 unspecified atom stereocenters. The summed E-state index contributed by atoms with van der Waals surface area (Å²) in [5.74, 6) is 0. The third-order valence-electron chi connectivity index (χ3n) is 3.45. The predicted octanol–water partition coefficient (Wildman–Crippen LogP) is 2.95. The Labute approximate surface area is 95.8 Å². The zero-order valence-electron chi connectivity index (χ0n) is 8.80. The van der Waals surface area contributed by atoms with E-state index in [4.69, 9.17) is 11.6 Å². The van der Waals surface area contributed by atoms with E-state index in [9.17, 15) is 0 Å². The minimum atomic E-state index is 0.700. The molecule has 0 heterocycles. The maximum Gasteiger partial charge on any atom is 0.0408 e. The lowest BCUT2D eigenvalue weighted by atomic mass is 9.88. The van der Waals surface area contributed by atoms with Gasteiger partial charge in [0, 0.05) is 17.1 Å². The fourth-order valence-corrected chi connectivity index (χ4v) is 2.64. The highest BCUT2D eigenvalue weighted by Crippen LogP contribution is 2.27. The second kappa shape index (κ2) is 3.80. The number of halogens is 1. The summed E-state index contributed by atoms with van der Waals surface area (Å²) in [6.07, 6.45) is 6.39. The summed E-state index contributed by atoms with van der Waals surface area (Å²) in [7, 11) is 0. The molecule has 2 aliphatic rings. The number of rotatable bonds is 2. The molecule has 0 aromatic heterocycles. The minimum Gasteiger partial charge on any atom is -0.311 e. The standard InChI is InChI=1S/C13H16ClN/c14-11-3-1-10-8-13(15-12-5-6-12)4-2-9(10)7-11/h1,3,7,12-13,15H,2,4-6,8H2. The van der Waals surface area contributed by atoms with Crippen LogP contribution < -0.4 is 5.32 Å². The molecular weight excluding hydrogens is 206 g/mol. The van der Waals surface area contributed by atoms with Crippen LogP contribution in [0.3, 0.4) is 0 Å². The van der Waals surface area contributed by atoms with Crippen LogP contribution in [-0.2, 0) is 12.8 Å². The summed E-state index contributed by atoms with van der Waals surface area (Å²) in [6, 6.07) is 7.86. The van der Waals surface area contributed by atoms with E-state index in [0.29, 0.717) is 6.04 Å². The van der Waals surface area contributed by atoms with Gasteiger partial charge < -0.3 is 5.32 Å². The lowest BCUT2D eigenvalue weighted by Crippen LogP contribution is -2.35. The van der Waals surface area contributed by atoms with Crippen LogP contribution in [0.25, 0.3) is 0 Å². The molecule has 1 N–H and O–H groups in total. The summed E-state index contributed by atoms with van der Waals surface area (Å²) in [4.78, 5) is 0. The van der Waals surface area contributed by atoms with Crippen molar-refractivity contribution in [2.45, 2.75) is 44.2 Å². The smallest absolute Gasteiger partial charge is 0.0408 e. The first-order valence-corrected chi connectivity index (χ1v) is 6.22. The van der Waals surface area contributed by atoms with Crippen molar-refractivity contribution >= 4 is 11.6 Å². The van der Waals surface area contributed by atoms with Crippen molar-refractivity contribution in [2.24, 2.45) is 0 Å². The van der Waals surface area contributed by atoms with Crippen LogP contribution >= 0.6 is 11.6 Å². The van der Waals surface area contributed by atoms with E-state index < -0.39 is 0 Å². The first-order chi connectivity index (χ1) is 7.31. The molecule has 0 amide bonds. The van der Waals surface area contributed by atoms with Crippen LogP contribution in [0.4, 0.5) is 0 Å². The van der Waals surface area contributed by atoms with Crippen LogP contribution in [0.1, 0.15) is 30.4 Å². The van der Waals surface area contributed by atoms with Gasteiger partial charge in [0.1, 0.15) is 0 Å². The van der Waals surface area contributed by atoms with Gasteiger partial charge in [0.25, 0.3) is 0 Å². The Morgan fingerprint density at radius 2 is 1.93 bits per heavy atom. The molecule has 2 aliphatic carbocycles. The molecule has 1 nitrogen and oxygen atoms in total. The van der Waals surface area contributed by atoms with Gasteiger partial charge in [-0.3, -0.25) is 0 Å². The molecule has 1 saturated carbocycles. The van der Waals surface area contributed by atoms with Crippen molar-refractivity contribution in [3.8, 4) is 0 Å². The quantitative estimate of drug-likeness (QED) is 0.810. The van der Waals surface area contributed by atoms with Gasteiger partial charge in [-0.25, -0.2) is 0 Å². The van der Waals surface area contributed by atoms with E-state index in [-0.39, 0.29) is 0 Å². The van der Waals surface area contributed by atoms with E-state index >= 15 is 0 Å². The topological polar surface area (TPSA) is 12.0 Å². The van der Waals surface area contributed by atoms with Crippen LogP contribution in [0.5, 0.6) is 0 Å². The van der Waals surface area contributed by atoms with Crippen LogP contribution in [0, 0.1) is 0 Å². The average molecular weight is 222 g/mol. The highest BCUT2D eigenvalue weighted by Gasteiger charge is 2.26. The number of nitrogens with one attached hydrogen (secondary N) is 1. The average Bonchev–Trinajstić information content (AvgIpc) is 3.02. The summed E-state index contributed by atoms with van der Waals surface area (Å²) >= 11 is 5.99. The maximum atomic E-state index is 5.99. The summed E-state index contributed by atoms with van der Waals surface area (Å²) in [5.41, 5.74) is 2.94. The molecule has 2 heteroatoms. The Kier molecular flexibility index (Phi) is 2.45. The largest absolute Gasteiger partial charge is 0.311 e. The summed E-state index contributed by atoms with van der Waals surface area (Å²) in [6.45, 7) is 0. The Morgan fingerprint density at radius 3 is 2.73 bits per heavy atom. The Hall–Kier alpha value is -0.530. The van der Waals surface area contributed by atoms with Crippen LogP contribution in [0.2, 0.25) is 5.02 Å². The molecule has 0 bridgehead atoms. The van der Waals surface area contributed by atoms with E-state index in [1.807, 2.05) is 6.07 Å². The normalized spacial score (nSPS) is 25.0. The number of fused-ring (bicyclic) bond motifs is 1. The second-order valence-electron chi connectivity index (χ2n) is 4.79. The van der Waals surface area contributed by atoms with Crippen LogP contribution in [-0.4, -0.2) is 12.1 Å². The number of hydrogen-bond acceptors (Lipinski definition) is 1. The van der Waals surface area contributed by atoms with Gasteiger partial charge in [0.15, 0.2) is 0 Å². The Bertz CT molecular complexity index is 371. The molecule has 1 aromatic rings. The van der Waals surface area contributed by atoms with Gasteiger partial charge in [-0.2, -0.15) is 0 Å². The first-order valence-electron chi connectivity index (χ1n) is 5.84. The Morgan fingerprint density at radius 1 is 1.07 bits per heavy atom. The predicted molar refractivity (Wildman–Crippen MR) is 63.4 cm³/mol. The van der Waals surface area contributed by atoms with Gasteiger partial charge >= 0.3 is 0 Å². The molecule has 15 heavy (non-hydrogen) atoms. The fourth-order valence-electron chi connectivity index (χ4n) is 2.45. The molecule has 1 fully saturated rings. The molecule has 0 aliphatic heterocycles. The van der Waals surface area contributed by atoms with Gasteiger partial charge in [-0.15, -0.1) is 0 Å². The van der Waals surface area contributed by atoms with Crippen molar-refractivity contribution < 1.29 is 0 Å². The van der Waals surface area contributed by atoms with Gasteiger partial charge in [0.2, 0.25) is 0 Å².